The minimum Gasteiger partial charge on any atom is -0.383 e. The number of hydrogen-bond acceptors (Lipinski definition) is 2. The van der Waals surface area contributed by atoms with Gasteiger partial charge in [-0.3, -0.25) is 0 Å². The van der Waals surface area contributed by atoms with Gasteiger partial charge in [-0.05, 0) is 25.3 Å². The molecule has 16 heavy (non-hydrogen) atoms. The van der Waals surface area contributed by atoms with Crippen molar-refractivity contribution in [2.24, 2.45) is 0 Å². The molecule has 2 nitrogen and oxygen atoms in total. The Bertz CT molecular complexity index is 294. The van der Waals surface area contributed by atoms with Gasteiger partial charge in [-0.15, -0.1) is 0 Å². The van der Waals surface area contributed by atoms with Crippen LogP contribution >= 0.6 is 0 Å². The van der Waals surface area contributed by atoms with Crippen LogP contribution in [0.5, 0.6) is 0 Å². The van der Waals surface area contributed by atoms with Crippen molar-refractivity contribution in [1.29, 1.82) is 0 Å². The van der Waals surface area contributed by atoms with Crippen LogP contribution in [0.1, 0.15) is 30.9 Å². The molecule has 0 saturated carbocycles. The zero-order chi connectivity index (χ0) is 12.0. The fraction of sp³-hybridized carbons (Fsp3) is 0.571. The third-order valence-corrected chi connectivity index (χ3v) is 2.84. The Morgan fingerprint density at radius 2 is 1.81 bits per heavy atom. The molecule has 0 bridgehead atoms. The van der Waals surface area contributed by atoms with Crippen LogP contribution in [-0.2, 0) is 4.74 Å². The van der Waals surface area contributed by atoms with Gasteiger partial charge in [0.2, 0.25) is 0 Å². The van der Waals surface area contributed by atoms with Crippen LogP contribution in [0.3, 0.4) is 0 Å². The van der Waals surface area contributed by atoms with Gasteiger partial charge < -0.3 is 10.1 Å². The van der Waals surface area contributed by atoms with Gasteiger partial charge in [0, 0.05) is 19.7 Å². The fourth-order valence-corrected chi connectivity index (χ4v) is 1.70. The highest BCUT2D eigenvalue weighted by Gasteiger charge is 2.07. The molecule has 2 unspecified atom stereocenters. The highest BCUT2D eigenvalue weighted by Crippen LogP contribution is 2.14. The van der Waals surface area contributed by atoms with E-state index in [1.807, 2.05) is 0 Å². The van der Waals surface area contributed by atoms with Crippen molar-refractivity contribution >= 4 is 0 Å². The largest absolute Gasteiger partial charge is 0.383 e. The van der Waals surface area contributed by atoms with Gasteiger partial charge in [0.1, 0.15) is 0 Å². The van der Waals surface area contributed by atoms with Crippen molar-refractivity contribution in [3.8, 4) is 0 Å². The smallest absolute Gasteiger partial charge is 0.0613 e. The predicted octanol–water partition coefficient (Wildman–Crippen LogP) is 2.72. The molecule has 0 aromatic heterocycles. The summed E-state index contributed by atoms with van der Waals surface area (Å²) in [5.74, 6) is 0.542. The second-order valence-electron chi connectivity index (χ2n) is 4.58. The number of ether oxygens (including phenoxy) is 1. The topological polar surface area (TPSA) is 21.3 Å². The van der Waals surface area contributed by atoms with Gasteiger partial charge in [-0.25, -0.2) is 0 Å². The molecule has 0 saturated heterocycles. The van der Waals surface area contributed by atoms with Gasteiger partial charge in [0.05, 0.1) is 6.61 Å². The normalized spacial score (nSPS) is 14.8. The first kappa shape index (κ1) is 13.2. The SMILES string of the molecule is COCC(C)NCC(C)c1ccc(C)cc1. The molecule has 0 spiro atoms. The molecule has 90 valence electrons. The maximum atomic E-state index is 5.09. The first-order valence-corrected chi connectivity index (χ1v) is 5.92. The monoisotopic (exact) mass is 221 g/mol. The summed E-state index contributed by atoms with van der Waals surface area (Å²) in [6.45, 7) is 8.27. The number of methoxy groups -OCH3 is 1. The summed E-state index contributed by atoms with van der Waals surface area (Å²) in [4.78, 5) is 0. The van der Waals surface area contributed by atoms with Crippen molar-refractivity contribution in [3.63, 3.8) is 0 Å². The van der Waals surface area contributed by atoms with E-state index in [1.54, 1.807) is 7.11 Å². The number of nitrogens with one attached hydrogen (secondary N) is 1. The Balaban J connectivity index is 2.40. The fourth-order valence-electron chi connectivity index (χ4n) is 1.70. The van der Waals surface area contributed by atoms with Crippen molar-refractivity contribution < 1.29 is 4.74 Å². The summed E-state index contributed by atoms with van der Waals surface area (Å²) >= 11 is 0. The number of benzene rings is 1. The average Bonchev–Trinajstić information content (AvgIpc) is 2.27. The van der Waals surface area contributed by atoms with Gasteiger partial charge in [0.15, 0.2) is 0 Å². The van der Waals surface area contributed by atoms with E-state index in [4.69, 9.17) is 4.74 Å². The van der Waals surface area contributed by atoms with Crippen LogP contribution in [0.4, 0.5) is 0 Å². The average molecular weight is 221 g/mol. The maximum absolute atomic E-state index is 5.09. The molecule has 1 aromatic carbocycles. The van der Waals surface area contributed by atoms with E-state index in [0.717, 1.165) is 13.2 Å². The van der Waals surface area contributed by atoms with E-state index in [0.29, 0.717) is 12.0 Å². The minimum atomic E-state index is 0.415. The molecule has 1 N–H and O–H groups in total. The van der Waals surface area contributed by atoms with Crippen LogP contribution in [0, 0.1) is 6.92 Å². The third-order valence-electron chi connectivity index (χ3n) is 2.84. The summed E-state index contributed by atoms with van der Waals surface area (Å²) in [6.07, 6.45) is 0. The second-order valence-corrected chi connectivity index (χ2v) is 4.58. The van der Waals surface area contributed by atoms with Crippen LogP contribution in [0.25, 0.3) is 0 Å². The summed E-state index contributed by atoms with van der Waals surface area (Å²) in [5, 5.41) is 3.47. The predicted molar refractivity (Wildman–Crippen MR) is 68.9 cm³/mol. The number of aryl methyl sites for hydroxylation is 1. The lowest BCUT2D eigenvalue weighted by atomic mass is 10.00. The summed E-state index contributed by atoms with van der Waals surface area (Å²) in [6, 6.07) is 9.18. The Hall–Kier alpha value is -0.860. The van der Waals surface area contributed by atoms with E-state index in [-0.39, 0.29) is 0 Å². The van der Waals surface area contributed by atoms with Crippen molar-refractivity contribution in [3.05, 3.63) is 35.4 Å². The minimum absolute atomic E-state index is 0.415. The summed E-state index contributed by atoms with van der Waals surface area (Å²) in [5.41, 5.74) is 2.71. The van der Waals surface area contributed by atoms with Gasteiger partial charge in [0.25, 0.3) is 0 Å². The van der Waals surface area contributed by atoms with E-state index in [1.165, 1.54) is 11.1 Å². The lowest BCUT2D eigenvalue weighted by Crippen LogP contribution is -2.33. The van der Waals surface area contributed by atoms with E-state index < -0.39 is 0 Å². The number of hydrogen-bond donors (Lipinski definition) is 1. The summed E-state index contributed by atoms with van der Waals surface area (Å²) < 4.78 is 5.09. The third kappa shape index (κ3) is 4.33. The van der Waals surface area contributed by atoms with Gasteiger partial charge in [-0.1, -0.05) is 36.8 Å². The second kappa shape index (κ2) is 6.66. The molecule has 0 heterocycles. The van der Waals surface area contributed by atoms with Crippen LogP contribution in [0.15, 0.2) is 24.3 Å². The first-order valence-electron chi connectivity index (χ1n) is 5.92. The molecule has 0 fully saturated rings. The molecule has 0 aliphatic carbocycles. The molecule has 2 heteroatoms. The first-order chi connectivity index (χ1) is 7.63. The maximum Gasteiger partial charge on any atom is 0.0613 e. The molecule has 0 radical (unpaired) electrons. The van der Waals surface area contributed by atoms with Crippen LogP contribution < -0.4 is 5.32 Å². The van der Waals surface area contributed by atoms with Crippen LogP contribution in [-0.4, -0.2) is 26.3 Å². The molecular weight excluding hydrogens is 198 g/mol. The van der Waals surface area contributed by atoms with E-state index in [2.05, 4.69) is 50.4 Å². The quantitative estimate of drug-likeness (QED) is 0.797. The summed E-state index contributed by atoms with van der Waals surface area (Å²) in [7, 11) is 1.74. The van der Waals surface area contributed by atoms with Crippen molar-refractivity contribution in [2.45, 2.75) is 32.7 Å². The lowest BCUT2D eigenvalue weighted by molar-refractivity contribution is 0.171. The molecule has 0 aliphatic rings. The Morgan fingerprint density at radius 3 is 2.38 bits per heavy atom. The number of rotatable bonds is 6. The van der Waals surface area contributed by atoms with E-state index >= 15 is 0 Å². The Morgan fingerprint density at radius 1 is 1.19 bits per heavy atom. The molecule has 2 atom stereocenters. The highest BCUT2D eigenvalue weighted by atomic mass is 16.5. The Kier molecular flexibility index (Phi) is 5.50. The van der Waals surface area contributed by atoms with Crippen LogP contribution in [0.2, 0.25) is 0 Å². The van der Waals surface area contributed by atoms with Crippen molar-refractivity contribution in [1.82, 2.24) is 5.32 Å². The zero-order valence-electron chi connectivity index (χ0n) is 10.8. The molecule has 1 rings (SSSR count). The van der Waals surface area contributed by atoms with Gasteiger partial charge in [-0.2, -0.15) is 0 Å². The molecule has 0 amide bonds. The molecule has 1 aromatic rings. The van der Waals surface area contributed by atoms with Gasteiger partial charge >= 0.3 is 0 Å². The van der Waals surface area contributed by atoms with E-state index in [9.17, 15) is 0 Å². The highest BCUT2D eigenvalue weighted by molar-refractivity contribution is 5.24. The lowest BCUT2D eigenvalue weighted by Gasteiger charge is -2.17. The molecular formula is C14H23NO. The standard InChI is InChI=1S/C14H23NO/c1-11-5-7-14(8-6-11)12(2)9-15-13(3)10-16-4/h5-8,12-13,15H,9-10H2,1-4H3. The Labute approximate surface area is 99.0 Å². The zero-order valence-corrected chi connectivity index (χ0v) is 10.8. The van der Waals surface area contributed by atoms with Crippen molar-refractivity contribution in [2.75, 3.05) is 20.3 Å². The molecule has 0 aliphatic heterocycles.